The highest BCUT2D eigenvalue weighted by Crippen LogP contribution is 2.29. The van der Waals surface area contributed by atoms with Gasteiger partial charge in [-0.15, -0.1) is 6.58 Å². The van der Waals surface area contributed by atoms with Crippen LogP contribution in [0, 0.1) is 6.92 Å². The van der Waals surface area contributed by atoms with Crippen molar-refractivity contribution in [3.63, 3.8) is 0 Å². The number of hydrogen-bond acceptors (Lipinski definition) is 5. The summed E-state index contributed by atoms with van der Waals surface area (Å²) in [4.78, 5) is 37.6. The molecule has 170 valence electrons. The number of benzene rings is 1. The lowest BCUT2D eigenvalue weighted by Gasteiger charge is -2.34. The van der Waals surface area contributed by atoms with Gasteiger partial charge in [0.25, 0.3) is 5.91 Å². The highest BCUT2D eigenvalue weighted by molar-refractivity contribution is 6.35. The van der Waals surface area contributed by atoms with Crippen molar-refractivity contribution < 1.29 is 14.3 Å². The Morgan fingerprint density at radius 3 is 2.61 bits per heavy atom. The van der Waals surface area contributed by atoms with Gasteiger partial charge in [0.1, 0.15) is 0 Å². The molecule has 0 bridgehead atoms. The van der Waals surface area contributed by atoms with E-state index in [4.69, 9.17) is 21.3 Å². The number of halogens is 1. The fraction of sp³-hybridized carbons (Fsp3) is 0.280. The third kappa shape index (κ3) is 5.14. The fourth-order valence-electron chi connectivity index (χ4n) is 3.77. The van der Waals surface area contributed by atoms with Gasteiger partial charge < -0.3 is 14.5 Å². The SMILES string of the molecule is C=CCCOC(=O)N1CCN(C(=O)c2ccc3c(Cl)cc(-c4ccnc(C)c4)nc3c2)CC1. The Bertz CT molecular complexity index is 1210. The summed E-state index contributed by atoms with van der Waals surface area (Å²) in [5.74, 6) is -0.0975. The van der Waals surface area contributed by atoms with Crippen molar-refractivity contribution in [3.05, 3.63) is 71.5 Å². The third-order valence-electron chi connectivity index (χ3n) is 5.57. The lowest BCUT2D eigenvalue weighted by Crippen LogP contribution is -2.50. The maximum Gasteiger partial charge on any atom is 0.409 e. The predicted octanol–water partition coefficient (Wildman–Crippen LogP) is 4.73. The van der Waals surface area contributed by atoms with Crippen molar-refractivity contribution in [1.82, 2.24) is 19.8 Å². The van der Waals surface area contributed by atoms with Crippen LogP contribution in [0.2, 0.25) is 5.02 Å². The molecular formula is C25H25ClN4O3. The van der Waals surface area contributed by atoms with Gasteiger partial charge >= 0.3 is 6.09 Å². The Kier molecular flexibility index (Phi) is 6.89. The monoisotopic (exact) mass is 464 g/mol. The van der Waals surface area contributed by atoms with E-state index in [9.17, 15) is 9.59 Å². The van der Waals surface area contributed by atoms with Gasteiger partial charge in [0.05, 0.1) is 22.8 Å². The molecule has 1 fully saturated rings. The van der Waals surface area contributed by atoms with Crippen LogP contribution in [0.15, 0.2) is 55.3 Å². The van der Waals surface area contributed by atoms with Gasteiger partial charge in [-0.05, 0) is 43.7 Å². The van der Waals surface area contributed by atoms with E-state index in [1.165, 1.54) is 0 Å². The molecule has 0 radical (unpaired) electrons. The molecule has 1 aliphatic rings. The number of piperazine rings is 1. The van der Waals surface area contributed by atoms with Gasteiger partial charge in [-0.3, -0.25) is 9.78 Å². The van der Waals surface area contributed by atoms with Crippen molar-refractivity contribution in [1.29, 1.82) is 0 Å². The Morgan fingerprint density at radius 2 is 1.88 bits per heavy atom. The number of nitrogens with zero attached hydrogens (tertiary/aromatic N) is 4. The van der Waals surface area contributed by atoms with Crippen LogP contribution in [-0.4, -0.2) is 64.6 Å². The minimum absolute atomic E-state index is 0.0975. The van der Waals surface area contributed by atoms with Crippen molar-refractivity contribution in [3.8, 4) is 11.3 Å². The topological polar surface area (TPSA) is 75.6 Å². The average Bonchev–Trinajstić information content (AvgIpc) is 2.83. The Morgan fingerprint density at radius 1 is 1.12 bits per heavy atom. The zero-order valence-corrected chi connectivity index (χ0v) is 19.2. The van der Waals surface area contributed by atoms with E-state index in [2.05, 4.69) is 11.6 Å². The summed E-state index contributed by atoms with van der Waals surface area (Å²) in [6.45, 7) is 7.60. The van der Waals surface area contributed by atoms with Crippen LogP contribution < -0.4 is 0 Å². The zero-order valence-electron chi connectivity index (χ0n) is 18.5. The van der Waals surface area contributed by atoms with Gasteiger partial charge in [-0.1, -0.05) is 23.7 Å². The molecule has 0 N–H and O–H groups in total. The first-order valence-electron chi connectivity index (χ1n) is 10.8. The molecule has 0 spiro atoms. The van der Waals surface area contributed by atoms with Crippen LogP contribution in [0.5, 0.6) is 0 Å². The van der Waals surface area contributed by atoms with Gasteiger partial charge in [-0.25, -0.2) is 9.78 Å². The minimum atomic E-state index is -0.354. The maximum absolute atomic E-state index is 13.1. The maximum atomic E-state index is 13.1. The normalized spacial score (nSPS) is 13.8. The number of carbonyl (C=O) groups is 2. The quantitative estimate of drug-likeness (QED) is 0.403. The smallest absolute Gasteiger partial charge is 0.409 e. The molecule has 0 atom stereocenters. The molecule has 0 aliphatic carbocycles. The Labute approximate surface area is 197 Å². The van der Waals surface area contributed by atoms with Gasteiger partial charge in [-0.2, -0.15) is 0 Å². The van der Waals surface area contributed by atoms with E-state index in [1.807, 2.05) is 31.2 Å². The molecule has 1 aliphatic heterocycles. The molecule has 0 unspecified atom stereocenters. The predicted molar refractivity (Wildman–Crippen MR) is 128 cm³/mol. The first kappa shape index (κ1) is 22.7. The molecule has 4 rings (SSSR count). The molecule has 1 aromatic carbocycles. The molecule has 7 nitrogen and oxygen atoms in total. The lowest BCUT2D eigenvalue weighted by atomic mass is 10.1. The molecule has 8 heteroatoms. The molecule has 0 saturated carbocycles. The summed E-state index contributed by atoms with van der Waals surface area (Å²) < 4.78 is 5.20. The average molecular weight is 465 g/mol. The number of amides is 2. The second-order valence-corrected chi connectivity index (χ2v) is 8.29. The third-order valence-corrected chi connectivity index (χ3v) is 5.88. The summed E-state index contributed by atoms with van der Waals surface area (Å²) in [6.07, 6.45) is 3.70. The summed E-state index contributed by atoms with van der Waals surface area (Å²) in [5, 5.41) is 1.36. The highest BCUT2D eigenvalue weighted by Gasteiger charge is 2.26. The largest absolute Gasteiger partial charge is 0.449 e. The van der Waals surface area contributed by atoms with E-state index >= 15 is 0 Å². The second kappa shape index (κ2) is 10.0. The van der Waals surface area contributed by atoms with Crippen LogP contribution in [0.1, 0.15) is 22.5 Å². The summed E-state index contributed by atoms with van der Waals surface area (Å²) in [6, 6.07) is 11.0. The van der Waals surface area contributed by atoms with Crippen LogP contribution in [0.25, 0.3) is 22.2 Å². The minimum Gasteiger partial charge on any atom is -0.449 e. The number of rotatable bonds is 5. The van der Waals surface area contributed by atoms with Gasteiger partial charge in [0, 0.05) is 54.6 Å². The van der Waals surface area contributed by atoms with Gasteiger partial charge in [0.2, 0.25) is 0 Å². The molecule has 33 heavy (non-hydrogen) atoms. The summed E-state index contributed by atoms with van der Waals surface area (Å²) in [7, 11) is 0. The van der Waals surface area contributed by atoms with Crippen molar-refractivity contribution >= 4 is 34.5 Å². The van der Waals surface area contributed by atoms with E-state index < -0.39 is 0 Å². The number of aromatic nitrogens is 2. The van der Waals surface area contributed by atoms with E-state index in [1.54, 1.807) is 34.2 Å². The van der Waals surface area contributed by atoms with Crippen molar-refractivity contribution in [2.45, 2.75) is 13.3 Å². The van der Waals surface area contributed by atoms with Crippen molar-refractivity contribution in [2.24, 2.45) is 0 Å². The standard InChI is InChI=1S/C25H25ClN4O3/c1-3-4-13-33-25(32)30-11-9-29(10-12-30)24(31)19-5-6-20-21(26)16-22(28-23(20)15-19)18-7-8-27-17(2)14-18/h3,5-8,14-16H,1,4,9-13H2,2H3. The highest BCUT2D eigenvalue weighted by atomic mass is 35.5. The molecule has 2 aromatic heterocycles. The zero-order chi connectivity index (χ0) is 23.4. The van der Waals surface area contributed by atoms with E-state index in [0.29, 0.717) is 55.3 Å². The first-order chi connectivity index (χ1) is 16.0. The summed E-state index contributed by atoms with van der Waals surface area (Å²) >= 11 is 6.52. The van der Waals surface area contributed by atoms with E-state index in [0.717, 1.165) is 22.3 Å². The van der Waals surface area contributed by atoms with Crippen LogP contribution in [-0.2, 0) is 4.74 Å². The second-order valence-electron chi connectivity index (χ2n) is 7.88. The number of ether oxygens (including phenoxy) is 1. The number of fused-ring (bicyclic) bond motifs is 1. The number of carbonyl (C=O) groups excluding carboxylic acids is 2. The van der Waals surface area contributed by atoms with Crippen LogP contribution in [0.4, 0.5) is 4.79 Å². The first-order valence-corrected chi connectivity index (χ1v) is 11.2. The van der Waals surface area contributed by atoms with Gasteiger partial charge in [0.15, 0.2) is 0 Å². The molecule has 3 heterocycles. The molecule has 3 aromatic rings. The number of pyridine rings is 2. The Hall–Kier alpha value is -3.45. The lowest BCUT2D eigenvalue weighted by molar-refractivity contribution is 0.0564. The Balaban J connectivity index is 1.50. The number of hydrogen-bond donors (Lipinski definition) is 0. The molecular weight excluding hydrogens is 440 g/mol. The van der Waals surface area contributed by atoms with Crippen LogP contribution >= 0.6 is 11.6 Å². The summed E-state index contributed by atoms with van der Waals surface area (Å²) in [5.41, 5.74) is 3.72. The molecule has 2 amide bonds. The molecule has 1 saturated heterocycles. The fourth-order valence-corrected chi connectivity index (χ4v) is 4.03. The van der Waals surface area contributed by atoms with Crippen LogP contribution in [0.3, 0.4) is 0 Å². The number of aryl methyl sites for hydroxylation is 1. The van der Waals surface area contributed by atoms with E-state index in [-0.39, 0.29) is 12.0 Å². The van der Waals surface area contributed by atoms with Crippen molar-refractivity contribution in [2.75, 3.05) is 32.8 Å².